The monoisotopic (exact) mass is 320 g/mol. The molecule has 0 saturated heterocycles. The lowest BCUT2D eigenvalue weighted by atomic mass is 9.76. The first-order valence-corrected chi connectivity index (χ1v) is 8.41. The fraction of sp³-hybridized carbons (Fsp3) is 0.538. The van der Waals surface area contributed by atoms with E-state index in [9.17, 15) is 12.8 Å². The summed E-state index contributed by atoms with van der Waals surface area (Å²) in [4.78, 5) is -0.125. The van der Waals surface area contributed by atoms with Crippen molar-refractivity contribution in [1.82, 2.24) is 4.72 Å². The SMILES string of the molecule is CCC1(NS(=O)(=O)c2cc(F)c(Cl)c(CN)c2)CCC1. The van der Waals surface area contributed by atoms with Gasteiger partial charge >= 0.3 is 0 Å². The van der Waals surface area contributed by atoms with Gasteiger partial charge in [-0.2, -0.15) is 0 Å². The second kappa shape index (κ2) is 5.60. The zero-order chi connectivity index (χ0) is 15.0. The lowest BCUT2D eigenvalue weighted by molar-refractivity contribution is 0.214. The summed E-state index contributed by atoms with van der Waals surface area (Å²) in [7, 11) is -3.77. The van der Waals surface area contributed by atoms with Crippen molar-refractivity contribution in [3.8, 4) is 0 Å². The molecule has 112 valence electrons. The molecule has 1 aromatic rings. The molecule has 0 atom stereocenters. The van der Waals surface area contributed by atoms with Crippen molar-refractivity contribution in [2.75, 3.05) is 0 Å². The van der Waals surface area contributed by atoms with Crippen LogP contribution in [0.1, 0.15) is 38.2 Å². The van der Waals surface area contributed by atoms with Gasteiger partial charge in [0.2, 0.25) is 10.0 Å². The third-order valence-corrected chi connectivity index (χ3v) is 5.93. The predicted octanol–water partition coefficient (Wildman–Crippen LogP) is 2.55. The Bertz CT molecular complexity index is 610. The first kappa shape index (κ1) is 15.7. The Kier molecular flexibility index (Phi) is 4.39. The Hall–Kier alpha value is -0.690. The number of halogens is 2. The third-order valence-electron chi connectivity index (χ3n) is 3.95. The lowest BCUT2D eigenvalue weighted by Gasteiger charge is -2.41. The zero-order valence-corrected chi connectivity index (χ0v) is 12.8. The molecule has 0 unspecified atom stereocenters. The van der Waals surface area contributed by atoms with Gasteiger partial charge in [-0.3, -0.25) is 0 Å². The van der Waals surface area contributed by atoms with E-state index in [0.29, 0.717) is 6.42 Å². The van der Waals surface area contributed by atoms with Crippen LogP contribution in [0.3, 0.4) is 0 Å². The summed E-state index contributed by atoms with van der Waals surface area (Å²) in [6.07, 6.45) is 3.33. The number of sulfonamides is 1. The van der Waals surface area contributed by atoms with Crippen molar-refractivity contribution in [2.45, 2.75) is 49.6 Å². The molecule has 0 radical (unpaired) electrons. The molecule has 1 aliphatic rings. The molecule has 1 aliphatic carbocycles. The average Bonchev–Trinajstić information content (AvgIpc) is 2.37. The van der Waals surface area contributed by atoms with Gasteiger partial charge in [0.25, 0.3) is 0 Å². The second-order valence-corrected chi connectivity index (χ2v) is 7.24. The van der Waals surface area contributed by atoms with Crippen molar-refractivity contribution in [2.24, 2.45) is 5.73 Å². The van der Waals surface area contributed by atoms with Crippen molar-refractivity contribution >= 4 is 21.6 Å². The summed E-state index contributed by atoms with van der Waals surface area (Å²) in [5, 5.41) is -0.125. The van der Waals surface area contributed by atoms with Gasteiger partial charge in [-0.1, -0.05) is 18.5 Å². The van der Waals surface area contributed by atoms with Crippen molar-refractivity contribution in [3.63, 3.8) is 0 Å². The number of rotatable bonds is 5. The summed E-state index contributed by atoms with van der Waals surface area (Å²) >= 11 is 5.74. The van der Waals surface area contributed by atoms with E-state index in [-0.39, 0.29) is 22.0 Å². The number of nitrogens with two attached hydrogens (primary N) is 1. The topological polar surface area (TPSA) is 72.2 Å². The van der Waals surface area contributed by atoms with Crippen LogP contribution in [0.25, 0.3) is 0 Å². The zero-order valence-electron chi connectivity index (χ0n) is 11.2. The molecule has 0 amide bonds. The van der Waals surface area contributed by atoms with Crippen LogP contribution in [0.4, 0.5) is 4.39 Å². The van der Waals surface area contributed by atoms with E-state index >= 15 is 0 Å². The molecule has 1 saturated carbocycles. The van der Waals surface area contributed by atoms with Crippen molar-refractivity contribution in [1.29, 1.82) is 0 Å². The predicted molar refractivity (Wildman–Crippen MR) is 76.5 cm³/mol. The lowest BCUT2D eigenvalue weighted by Crippen LogP contribution is -2.52. The Balaban J connectivity index is 2.37. The van der Waals surface area contributed by atoms with E-state index < -0.39 is 21.4 Å². The van der Waals surface area contributed by atoms with E-state index in [0.717, 1.165) is 25.3 Å². The van der Waals surface area contributed by atoms with Crippen LogP contribution < -0.4 is 10.5 Å². The molecule has 20 heavy (non-hydrogen) atoms. The number of hydrogen-bond donors (Lipinski definition) is 2. The normalized spacial score (nSPS) is 17.8. The van der Waals surface area contributed by atoms with E-state index in [1.165, 1.54) is 6.07 Å². The van der Waals surface area contributed by atoms with Crippen LogP contribution in [0, 0.1) is 5.82 Å². The molecule has 0 spiro atoms. The Morgan fingerprint density at radius 3 is 2.55 bits per heavy atom. The van der Waals surface area contributed by atoms with Crippen molar-refractivity contribution < 1.29 is 12.8 Å². The van der Waals surface area contributed by atoms with Crippen LogP contribution in [-0.2, 0) is 16.6 Å². The van der Waals surface area contributed by atoms with E-state index in [1.54, 1.807) is 0 Å². The van der Waals surface area contributed by atoms with Crippen LogP contribution in [-0.4, -0.2) is 14.0 Å². The molecule has 0 aliphatic heterocycles. The molecule has 2 rings (SSSR count). The van der Waals surface area contributed by atoms with Gasteiger partial charge < -0.3 is 5.73 Å². The highest BCUT2D eigenvalue weighted by molar-refractivity contribution is 7.89. The summed E-state index contributed by atoms with van der Waals surface area (Å²) in [5.41, 5.74) is 5.35. The van der Waals surface area contributed by atoms with Gasteiger partial charge in [0, 0.05) is 12.1 Å². The maximum atomic E-state index is 13.7. The Morgan fingerprint density at radius 1 is 1.45 bits per heavy atom. The maximum Gasteiger partial charge on any atom is 0.241 e. The van der Waals surface area contributed by atoms with Crippen LogP contribution in [0.5, 0.6) is 0 Å². The largest absolute Gasteiger partial charge is 0.326 e. The minimum Gasteiger partial charge on any atom is -0.326 e. The summed E-state index contributed by atoms with van der Waals surface area (Å²) < 4.78 is 41.1. The van der Waals surface area contributed by atoms with Gasteiger partial charge in [0.1, 0.15) is 5.82 Å². The molecule has 0 bridgehead atoms. The molecular formula is C13H18ClFN2O2S. The van der Waals surface area contributed by atoms with Crippen molar-refractivity contribution in [3.05, 3.63) is 28.5 Å². The second-order valence-electron chi connectivity index (χ2n) is 5.18. The van der Waals surface area contributed by atoms with Gasteiger partial charge in [0.15, 0.2) is 0 Å². The highest BCUT2D eigenvalue weighted by Gasteiger charge is 2.39. The fourth-order valence-corrected chi connectivity index (χ4v) is 4.18. The summed E-state index contributed by atoms with van der Waals surface area (Å²) in [6.45, 7) is 1.92. The smallest absolute Gasteiger partial charge is 0.241 e. The highest BCUT2D eigenvalue weighted by Crippen LogP contribution is 2.36. The van der Waals surface area contributed by atoms with Gasteiger partial charge in [-0.25, -0.2) is 17.5 Å². The molecule has 1 fully saturated rings. The van der Waals surface area contributed by atoms with E-state index in [4.69, 9.17) is 17.3 Å². The number of benzene rings is 1. The maximum absolute atomic E-state index is 13.7. The highest BCUT2D eigenvalue weighted by atomic mass is 35.5. The van der Waals surface area contributed by atoms with Gasteiger partial charge in [0.05, 0.1) is 9.92 Å². The molecule has 3 N–H and O–H groups in total. The quantitative estimate of drug-likeness (QED) is 0.875. The molecule has 1 aromatic carbocycles. The number of hydrogen-bond acceptors (Lipinski definition) is 3. The fourth-order valence-electron chi connectivity index (χ4n) is 2.40. The third kappa shape index (κ3) is 2.83. The minimum atomic E-state index is -3.77. The first-order valence-electron chi connectivity index (χ1n) is 6.55. The van der Waals surface area contributed by atoms with Crippen LogP contribution in [0.15, 0.2) is 17.0 Å². The molecule has 0 heterocycles. The van der Waals surface area contributed by atoms with E-state index in [1.807, 2.05) is 6.92 Å². The van der Waals surface area contributed by atoms with Gasteiger partial charge in [-0.15, -0.1) is 0 Å². The Morgan fingerprint density at radius 2 is 2.10 bits per heavy atom. The molecule has 7 heteroatoms. The summed E-state index contributed by atoms with van der Waals surface area (Å²) in [5.74, 6) is -0.769. The van der Waals surface area contributed by atoms with Gasteiger partial charge in [-0.05, 0) is 43.4 Å². The van der Waals surface area contributed by atoms with Crippen LogP contribution >= 0.6 is 11.6 Å². The average molecular weight is 321 g/mol. The molecule has 0 aromatic heterocycles. The summed E-state index contributed by atoms with van der Waals surface area (Å²) in [6, 6.07) is 2.27. The Labute approximate surface area is 123 Å². The molecule has 4 nitrogen and oxygen atoms in total. The minimum absolute atomic E-state index is 0.0158. The van der Waals surface area contributed by atoms with E-state index in [2.05, 4.69) is 4.72 Å². The molecular weight excluding hydrogens is 303 g/mol. The number of nitrogens with one attached hydrogen (secondary N) is 1. The standard InChI is InChI=1S/C13H18ClFN2O2S/c1-2-13(4-3-5-13)17-20(18,19)10-6-9(8-16)12(14)11(15)7-10/h6-7,17H,2-5,8,16H2,1H3. The van der Waals surface area contributed by atoms with Crippen LogP contribution in [0.2, 0.25) is 5.02 Å². The first-order chi connectivity index (χ1) is 9.33.